The van der Waals surface area contributed by atoms with Gasteiger partial charge in [-0.05, 0) is 50.4 Å². The molecular formula is C18H23FN2. The molecule has 3 heteroatoms. The third kappa shape index (κ3) is 4.64. The molecule has 0 fully saturated rings. The molecule has 0 saturated carbocycles. The maximum Gasteiger partial charge on any atom is 0.141 e. The summed E-state index contributed by atoms with van der Waals surface area (Å²) >= 11 is 0. The standard InChI is InChI=1S/C18H23FN2/c1-4-5-21-18(16-10-17(19)12-20-11-16)9-15-7-13(2)6-14(3)8-15/h6-8,10-12,18,21H,4-5,9H2,1-3H3. The van der Waals surface area contributed by atoms with Crippen LogP contribution in [0.3, 0.4) is 0 Å². The van der Waals surface area contributed by atoms with E-state index in [2.05, 4.69) is 49.3 Å². The van der Waals surface area contributed by atoms with Crippen LogP contribution in [0.2, 0.25) is 0 Å². The topological polar surface area (TPSA) is 24.9 Å². The van der Waals surface area contributed by atoms with Gasteiger partial charge in [0.15, 0.2) is 0 Å². The average Bonchev–Trinajstić information content (AvgIpc) is 2.42. The lowest BCUT2D eigenvalue weighted by Gasteiger charge is -2.19. The first-order valence-corrected chi connectivity index (χ1v) is 7.49. The Morgan fingerprint density at radius 1 is 1.10 bits per heavy atom. The van der Waals surface area contributed by atoms with Crippen LogP contribution >= 0.6 is 0 Å². The first-order valence-electron chi connectivity index (χ1n) is 7.49. The van der Waals surface area contributed by atoms with E-state index >= 15 is 0 Å². The van der Waals surface area contributed by atoms with Gasteiger partial charge in [0.2, 0.25) is 0 Å². The highest BCUT2D eigenvalue weighted by atomic mass is 19.1. The molecule has 21 heavy (non-hydrogen) atoms. The lowest BCUT2D eigenvalue weighted by atomic mass is 9.97. The summed E-state index contributed by atoms with van der Waals surface area (Å²) in [5.41, 5.74) is 4.70. The zero-order valence-electron chi connectivity index (χ0n) is 13.0. The van der Waals surface area contributed by atoms with Crippen LogP contribution < -0.4 is 5.32 Å². The van der Waals surface area contributed by atoms with E-state index in [0.29, 0.717) is 0 Å². The molecule has 0 aliphatic rings. The summed E-state index contributed by atoms with van der Waals surface area (Å²) in [4.78, 5) is 3.97. The van der Waals surface area contributed by atoms with Gasteiger partial charge in [-0.3, -0.25) is 4.98 Å². The quantitative estimate of drug-likeness (QED) is 0.864. The summed E-state index contributed by atoms with van der Waals surface area (Å²) in [6, 6.07) is 8.22. The molecule has 0 aliphatic carbocycles. The highest BCUT2D eigenvalue weighted by Crippen LogP contribution is 2.20. The van der Waals surface area contributed by atoms with E-state index < -0.39 is 0 Å². The first kappa shape index (κ1) is 15.6. The first-order chi connectivity index (χ1) is 10.1. The average molecular weight is 286 g/mol. The molecule has 2 rings (SSSR count). The molecule has 0 bridgehead atoms. The van der Waals surface area contributed by atoms with Crippen molar-refractivity contribution < 1.29 is 4.39 Å². The van der Waals surface area contributed by atoms with Gasteiger partial charge < -0.3 is 5.32 Å². The van der Waals surface area contributed by atoms with Gasteiger partial charge in [-0.15, -0.1) is 0 Å². The molecule has 112 valence electrons. The molecule has 1 atom stereocenters. The van der Waals surface area contributed by atoms with E-state index in [1.807, 2.05) is 0 Å². The second-order valence-corrected chi connectivity index (χ2v) is 5.64. The summed E-state index contributed by atoms with van der Waals surface area (Å²) in [7, 11) is 0. The van der Waals surface area contributed by atoms with Crippen molar-refractivity contribution in [3.8, 4) is 0 Å². The number of aromatic nitrogens is 1. The van der Waals surface area contributed by atoms with Crippen molar-refractivity contribution in [3.63, 3.8) is 0 Å². The number of rotatable bonds is 6. The van der Waals surface area contributed by atoms with Crippen molar-refractivity contribution in [2.75, 3.05) is 6.54 Å². The summed E-state index contributed by atoms with van der Waals surface area (Å²) < 4.78 is 13.4. The van der Waals surface area contributed by atoms with Crippen LogP contribution in [-0.2, 0) is 6.42 Å². The smallest absolute Gasteiger partial charge is 0.141 e. The van der Waals surface area contributed by atoms with Crippen LogP contribution in [0.1, 0.15) is 41.6 Å². The summed E-state index contributed by atoms with van der Waals surface area (Å²) in [6.07, 6.45) is 4.88. The SMILES string of the molecule is CCCNC(Cc1cc(C)cc(C)c1)c1cncc(F)c1. The van der Waals surface area contributed by atoms with Crippen LogP contribution in [0.5, 0.6) is 0 Å². The predicted octanol–water partition coefficient (Wildman–Crippen LogP) is 4.12. The van der Waals surface area contributed by atoms with E-state index in [9.17, 15) is 4.39 Å². The molecule has 2 aromatic rings. The molecule has 2 nitrogen and oxygen atoms in total. The fourth-order valence-corrected chi connectivity index (χ4v) is 2.67. The number of hydrogen-bond donors (Lipinski definition) is 1. The van der Waals surface area contributed by atoms with E-state index in [1.165, 1.54) is 22.9 Å². The second-order valence-electron chi connectivity index (χ2n) is 5.64. The molecule has 0 aliphatic heterocycles. The Labute approximate surface area is 126 Å². The van der Waals surface area contributed by atoms with E-state index in [4.69, 9.17) is 0 Å². The number of nitrogens with zero attached hydrogens (tertiary/aromatic N) is 1. The predicted molar refractivity (Wildman–Crippen MR) is 84.8 cm³/mol. The highest BCUT2D eigenvalue weighted by molar-refractivity contribution is 5.30. The van der Waals surface area contributed by atoms with Crippen LogP contribution in [0.4, 0.5) is 4.39 Å². The molecule has 0 radical (unpaired) electrons. The molecule has 1 N–H and O–H groups in total. The Hall–Kier alpha value is -1.74. The number of nitrogens with one attached hydrogen (secondary N) is 1. The number of aryl methyl sites for hydroxylation is 2. The van der Waals surface area contributed by atoms with Gasteiger partial charge >= 0.3 is 0 Å². The normalized spacial score (nSPS) is 12.4. The monoisotopic (exact) mass is 286 g/mol. The molecule has 0 spiro atoms. The van der Waals surface area contributed by atoms with Crippen molar-refractivity contribution in [3.05, 3.63) is 64.7 Å². The lowest BCUT2D eigenvalue weighted by molar-refractivity contribution is 0.521. The van der Waals surface area contributed by atoms with E-state index in [0.717, 1.165) is 24.9 Å². The van der Waals surface area contributed by atoms with Crippen LogP contribution in [0.25, 0.3) is 0 Å². The zero-order valence-corrected chi connectivity index (χ0v) is 13.0. The Morgan fingerprint density at radius 2 is 1.81 bits per heavy atom. The zero-order chi connectivity index (χ0) is 15.2. The summed E-state index contributed by atoms with van der Waals surface area (Å²) in [5.74, 6) is -0.281. The van der Waals surface area contributed by atoms with Crippen molar-refractivity contribution in [2.24, 2.45) is 0 Å². The fourth-order valence-electron chi connectivity index (χ4n) is 2.67. The lowest BCUT2D eigenvalue weighted by Crippen LogP contribution is -2.24. The van der Waals surface area contributed by atoms with Crippen LogP contribution in [-0.4, -0.2) is 11.5 Å². The number of benzene rings is 1. The summed E-state index contributed by atoms with van der Waals surface area (Å²) in [6.45, 7) is 7.25. The number of hydrogen-bond acceptors (Lipinski definition) is 2. The maximum atomic E-state index is 13.4. The van der Waals surface area contributed by atoms with Crippen molar-refractivity contribution in [1.82, 2.24) is 10.3 Å². The van der Waals surface area contributed by atoms with Gasteiger partial charge in [0.05, 0.1) is 6.20 Å². The highest BCUT2D eigenvalue weighted by Gasteiger charge is 2.13. The minimum absolute atomic E-state index is 0.0920. The Morgan fingerprint density at radius 3 is 2.43 bits per heavy atom. The van der Waals surface area contributed by atoms with E-state index in [-0.39, 0.29) is 11.9 Å². The largest absolute Gasteiger partial charge is 0.310 e. The Balaban J connectivity index is 2.23. The van der Waals surface area contributed by atoms with Gasteiger partial charge in [0.1, 0.15) is 5.82 Å². The molecular weight excluding hydrogens is 263 g/mol. The maximum absolute atomic E-state index is 13.4. The third-order valence-corrected chi connectivity index (χ3v) is 3.49. The molecule has 0 saturated heterocycles. The number of halogens is 1. The Kier molecular flexibility index (Phi) is 5.45. The molecule has 1 unspecified atom stereocenters. The van der Waals surface area contributed by atoms with Gasteiger partial charge in [0, 0.05) is 12.2 Å². The van der Waals surface area contributed by atoms with Gasteiger partial charge in [-0.1, -0.05) is 36.2 Å². The minimum Gasteiger partial charge on any atom is -0.310 e. The number of pyridine rings is 1. The molecule has 1 aromatic heterocycles. The van der Waals surface area contributed by atoms with Crippen molar-refractivity contribution in [1.29, 1.82) is 0 Å². The third-order valence-electron chi connectivity index (χ3n) is 3.49. The Bertz CT molecular complexity index is 575. The molecule has 0 amide bonds. The van der Waals surface area contributed by atoms with Crippen LogP contribution in [0.15, 0.2) is 36.7 Å². The minimum atomic E-state index is -0.281. The van der Waals surface area contributed by atoms with E-state index in [1.54, 1.807) is 12.3 Å². The van der Waals surface area contributed by atoms with Crippen LogP contribution in [0, 0.1) is 19.7 Å². The van der Waals surface area contributed by atoms with Gasteiger partial charge in [-0.2, -0.15) is 0 Å². The summed E-state index contributed by atoms with van der Waals surface area (Å²) in [5, 5.41) is 3.49. The molecule has 1 heterocycles. The van der Waals surface area contributed by atoms with Gasteiger partial charge in [0.25, 0.3) is 0 Å². The molecule has 1 aromatic carbocycles. The van der Waals surface area contributed by atoms with Gasteiger partial charge in [-0.25, -0.2) is 4.39 Å². The van der Waals surface area contributed by atoms with Crippen molar-refractivity contribution in [2.45, 2.75) is 39.7 Å². The second kappa shape index (κ2) is 7.32. The van der Waals surface area contributed by atoms with Crippen molar-refractivity contribution >= 4 is 0 Å². The fraction of sp³-hybridized carbons (Fsp3) is 0.389.